The molecule has 4 unspecified atom stereocenters. The van der Waals surface area contributed by atoms with Crippen molar-refractivity contribution in [2.75, 3.05) is 0 Å². The molecule has 0 bridgehead atoms. The molecular weight excluding hydrogens is 309 g/mol. The number of hydrogen-bond acceptors (Lipinski definition) is 3. The van der Waals surface area contributed by atoms with Crippen LogP contribution < -0.4 is 63.1 Å². The van der Waals surface area contributed by atoms with E-state index < -0.39 is 8.60 Å². The molecule has 0 amide bonds. The Hall–Kier alpha value is 2.12. The summed E-state index contributed by atoms with van der Waals surface area (Å²) in [5.41, 5.74) is 0. The summed E-state index contributed by atoms with van der Waals surface area (Å²) in [7, 11) is -1.89. The molecule has 2 saturated carbocycles. The molecule has 0 N–H and O–H groups in total. The summed E-state index contributed by atoms with van der Waals surface area (Å²) in [5, 5.41) is 0. The molecule has 0 radical (unpaired) electrons. The van der Waals surface area contributed by atoms with Gasteiger partial charge in [0.15, 0.2) is 0 Å². The maximum Gasteiger partial charge on any atom is 1.00 e. The Balaban J connectivity index is 0.00000144. The van der Waals surface area contributed by atoms with Crippen LogP contribution in [0.15, 0.2) is 0 Å². The Bertz CT molecular complexity index is 208. The van der Waals surface area contributed by atoms with Gasteiger partial charge >= 0.3 is 58.2 Å². The zero-order valence-electron chi connectivity index (χ0n) is 11.2. The molecule has 0 aromatic carbocycles. The third kappa shape index (κ3) is 5.95. The van der Waals surface area contributed by atoms with E-state index in [1.807, 2.05) is 0 Å². The molecule has 3 nitrogen and oxygen atoms in total. The summed E-state index contributed by atoms with van der Waals surface area (Å²) in [4.78, 5) is 11.7. The minimum absolute atomic E-state index is 0. The summed E-state index contributed by atoms with van der Waals surface area (Å²) in [6, 6.07) is 0. The van der Waals surface area contributed by atoms with Crippen LogP contribution in [0.1, 0.15) is 52.4 Å². The van der Waals surface area contributed by atoms with Crippen LogP contribution in [0.25, 0.3) is 0 Å². The molecule has 2 aliphatic carbocycles. The molecule has 2 rings (SSSR count). The van der Waals surface area contributed by atoms with Crippen LogP contribution >= 0.6 is 8.60 Å². The normalized spacial score (nSPS) is 39.0. The molecule has 0 heterocycles. The summed E-state index contributed by atoms with van der Waals surface area (Å²) >= 11 is 0. The second-order valence-corrected chi connectivity index (χ2v) is 6.38. The van der Waals surface area contributed by atoms with Gasteiger partial charge in [0, 0.05) is 0 Å². The van der Waals surface area contributed by atoms with Crippen molar-refractivity contribution in [3.63, 3.8) is 0 Å². The molecule has 5 heteroatoms. The van der Waals surface area contributed by atoms with Gasteiger partial charge in [-0.1, -0.05) is 13.8 Å². The van der Waals surface area contributed by atoms with E-state index in [-0.39, 0.29) is 70.4 Å². The molecule has 0 spiro atoms. The first-order valence-corrected chi connectivity index (χ1v) is 7.54. The maximum atomic E-state index is 11.7. The zero-order chi connectivity index (χ0) is 11.5. The molecule has 0 saturated heterocycles. The smallest absolute Gasteiger partial charge is 0.786 e. The largest absolute Gasteiger partial charge is 1.00 e. The van der Waals surface area contributed by atoms with Crippen molar-refractivity contribution in [1.82, 2.24) is 0 Å². The van der Waals surface area contributed by atoms with Crippen molar-refractivity contribution in [3.8, 4) is 0 Å². The van der Waals surface area contributed by atoms with Crippen LogP contribution in [0.5, 0.6) is 0 Å². The molecule has 0 aliphatic heterocycles. The molecule has 4 atom stereocenters. The number of hydrogen-bond donors (Lipinski definition) is 0. The molecule has 17 heavy (non-hydrogen) atoms. The summed E-state index contributed by atoms with van der Waals surface area (Å²) in [6.45, 7) is 4.44. The third-order valence-electron chi connectivity index (χ3n) is 3.76. The fraction of sp³-hybridized carbons (Fsp3) is 1.00. The predicted molar refractivity (Wildman–Crippen MR) is 62.7 cm³/mol. The first kappa shape index (κ1) is 17.2. The van der Waals surface area contributed by atoms with E-state index >= 15 is 0 Å². The van der Waals surface area contributed by atoms with Crippen molar-refractivity contribution < 1.29 is 72.1 Å². The van der Waals surface area contributed by atoms with E-state index in [1.165, 1.54) is 12.8 Å². The minimum atomic E-state index is -1.89. The maximum absolute atomic E-state index is 11.7. The van der Waals surface area contributed by atoms with Gasteiger partial charge in [0.05, 0.1) is 20.8 Å². The number of rotatable bonds is 4. The Kier molecular flexibility index (Phi) is 8.50. The van der Waals surface area contributed by atoms with Gasteiger partial charge in [-0.2, -0.15) is 0 Å². The summed E-state index contributed by atoms with van der Waals surface area (Å²) < 4.78 is 10.9. The van der Waals surface area contributed by atoms with E-state index in [2.05, 4.69) is 13.8 Å². The quantitative estimate of drug-likeness (QED) is 0.681. The van der Waals surface area contributed by atoms with Gasteiger partial charge in [-0.25, -0.2) is 0 Å². The Morgan fingerprint density at radius 1 is 0.882 bits per heavy atom. The minimum Gasteiger partial charge on any atom is -0.786 e. The van der Waals surface area contributed by atoms with Crippen molar-refractivity contribution in [2.45, 2.75) is 64.6 Å². The van der Waals surface area contributed by atoms with Gasteiger partial charge in [0.2, 0.25) is 0 Å². The fourth-order valence-corrected chi connectivity index (χ4v) is 3.69. The Morgan fingerprint density at radius 3 is 1.59 bits per heavy atom. The van der Waals surface area contributed by atoms with Crippen molar-refractivity contribution in [1.29, 1.82) is 0 Å². The van der Waals surface area contributed by atoms with E-state index in [0.29, 0.717) is 11.8 Å². The van der Waals surface area contributed by atoms with Crippen molar-refractivity contribution >= 4 is 8.60 Å². The SMILES string of the molecule is CC1CCC(OP([O-])OC2CCC(C)C2)C1.[Rb+]. The molecule has 0 aromatic heterocycles. The van der Waals surface area contributed by atoms with Crippen LogP contribution in [-0.2, 0) is 9.05 Å². The summed E-state index contributed by atoms with van der Waals surface area (Å²) in [5.74, 6) is 1.42. The fourth-order valence-electron chi connectivity index (χ4n) is 2.77. The van der Waals surface area contributed by atoms with Crippen LogP contribution in [0, 0.1) is 11.8 Å². The van der Waals surface area contributed by atoms with Gasteiger partial charge in [0.25, 0.3) is 0 Å². The first-order valence-electron chi connectivity index (χ1n) is 6.44. The van der Waals surface area contributed by atoms with E-state index in [0.717, 1.165) is 25.7 Å². The summed E-state index contributed by atoms with van der Waals surface area (Å²) in [6.07, 6.45) is 6.84. The van der Waals surface area contributed by atoms with Crippen LogP contribution in [0.3, 0.4) is 0 Å². The third-order valence-corrected chi connectivity index (χ3v) is 4.70. The van der Waals surface area contributed by atoms with Gasteiger partial charge < -0.3 is 13.9 Å². The Morgan fingerprint density at radius 2 is 1.29 bits per heavy atom. The van der Waals surface area contributed by atoms with Gasteiger partial charge in [-0.15, -0.1) is 0 Å². The molecule has 2 fully saturated rings. The van der Waals surface area contributed by atoms with Crippen LogP contribution in [0.2, 0.25) is 0 Å². The van der Waals surface area contributed by atoms with Crippen LogP contribution in [0.4, 0.5) is 0 Å². The monoisotopic (exact) mass is 330 g/mol. The van der Waals surface area contributed by atoms with E-state index in [9.17, 15) is 4.89 Å². The molecule has 94 valence electrons. The zero-order valence-corrected chi connectivity index (χ0v) is 17.0. The van der Waals surface area contributed by atoms with Crippen molar-refractivity contribution in [3.05, 3.63) is 0 Å². The average Bonchev–Trinajstić information content (AvgIpc) is 2.76. The van der Waals surface area contributed by atoms with Gasteiger partial charge in [0.1, 0.15) is 0 Å². The Labute approximate surface area is 155 Å². The second-order valence-electron chi connectivity index (χ2n) is 5.51. The first-order chi connectivity index (χ1) is 7.63. The molecule has 2 aliphatic rings. The standard InChI is InChI=1S/C12H22O3P.Rb/c1-9-3-5-11(7-9)14-16(13)15-12-6-4-10(2)8-12;/h9-12H,3-8H2,1-2H3;/q-1;+1. The van der Waals surface area contributed by atoms with Crippen LogP contribution in [-0.4, -0.2) is 12.2 Å². The van der Waals surface area contributed by atoms with Crippen molar-refractivity contribution in [2.24, 2.45) is 11.8 Å². The van der Waals surface area contributed by atoms with Gasteiger partial charge in [-0.3, -0.25) is 0 Å². The van der Waals surface area contributed by atoms with E-state index in [4.69, 9.17) is 9.05 Å². The second kappa shape index (κ2) is 8.41. The average molecular weight is 331 g/mol. The topological polar surface area (TPSA) is 41.5 Å². The molecule has 0 aromatic rings. The predicted octanol–water partition coefficient (Wildman–Crippen LogP) is -0.0120. The molecular formula is C12H22O3PRb. The van der Waals surface area contributed by atoms with Gasteiger partial charge in [-0.05, 0) is 50.4 Å². The van der Waals surface area contributed by atoms with E-state index in [1.54, 1.807) is 0 Å².